The van der Waals surface area contributed by atoms with Gasteiger partial charge in [0.1, 0.15) is 6.61 Å². The topological polar surface area (TPSA) is 21.6 Å². The van der Waals surface area contributed by atoms with Crippen molar-refractivity contribution >= 4 is 5.90 Å². The maximum atomic E-state index is 5.45. The second-order valence-electron chi connectivity index (χ2n) is 5.99. The fourth-order valence-corrected chi connectivity index (χ4v) is 2.65. The second-order valence-corrected chi connectivity index (χ2v) is 5.99. The molecule has 0 saturated heterocycles. The minimum atomic E-state index is 0.0746. The fraction of sp³-hybridized carbons (Fsp3) is 0.938. The number of unbranched alkanes of at least 4 members (excludes halogenated alkanes) is 8. The van der Waals surface area contributed by atoms with E-state index in [0.29, 0.717) is 0 Å². The van der Waals surface area contributed by atoms with E-state index in [1.54, 1.807) is 0 Å². The van der Waals surface area contributed by atoms with Gasteiger partial charge in [-0.2, -0.15) is 0 Å². The zero-order chi connectivity index (χ0) is 13.3. The Balaban J connectivity index is 1.90. The second kappa shape index (κ2) is 8.55. The summed E-state index contributed by atoms with van der Waals surface area (Å²) in [5.41, 5.74) is 0.0746. The van der Waals surface area contributed by atoms with Gasteiger partial charge < -0.3 is 4.74 Å². The standard InChI is InChI=1S/C16H31NO/c1-4-5-6-7-8-9-10-11-12-13-16(3)14-18-15(2)17-16/h4-14H2,1-3H3. The van der Waals surface area contributed by atoms with Crippen molar-refractivity contribution in [2.75, 3.05) is 6.61 Å². The third-order valence-electron chi connectivity index (χ3n) is 3.84. The largest absolute Gasteiger partial charge is 0.479 e. The van der Waals surface area contributed by atoms with E-state index < -0.39 is 0 Å². The molecule has 0 N–H and O–H groups in total. The van der Waals surface area contributed by atoms with Crippen molar-refractivity contribution in [1.29, 1.82) is 0 Å². The maximum Gasteiger partial charge on any atom is 0.180 e. The van der Waals surface area contributed by atoms with Crippen LogP contribution in [-0.4, -0.2) is 18.0 Å². The molecule has 0 saturated carbocycles. The van der Waals surface area contributed by atoms with Crippen molar-refractivity contribution in [2.45, 2.75) is 90.5 Å². The van der Waals surface area contributed by atoms with Gasteiger partial charge in [-0.15, -0.1) is 0 Å². The van der Waals surface area contributed by atoms with Crippen LogP contribution in [0.1, 0.15) is 85.0 Å². The van der Waals surface area contributed by atoms with Crippen LogP contribution in [0.5, 0.6) is 0 Å². The summed E-state index contributed by atoms with van der Waals surface area (Å²) in [6, 6.07) is 0. The monoisotopic (exact) mass is 253 g/mol. The Kier molecular flexibility index (Phi) is 7.38. The Labute approximate surface area is 113 Å². The summed E-state index contributed by atoms with van der Waals surface area (Å²) in [7, 11) is 0. The molecule has 1 aliphatic heterocycles. The summed E-state index contributed by atoms with van der Waals surface area (Å²) in [4.78, 5) is 4.58. The normalized spacial score (nSPS) is 22.9. The molecule has 1 aliphatic rings. The summed E-state index contributed by atoms with van der Waals surface area (Å²) in [6.07, 6.45) is 13.7. The zero-order valence-electron chi connectivity index (χ0n) is 12.6. The van der Waals surface area contributed by atoms with Crippen LogP contribution in [0.15, 0.2) is 4.99 Å². The van der Waals surface area contributed by atoms with Crippen molar-refractivity contribution in [2.24, 2.45) is 4.99 Å². The highest BCUT2D eigenvalue weighted by Crippen LogP contribution is 2.25. The van der Waals surface area contributed by atoms with Crippen molar-refractivity contribution in [3.8, 4) is 0 Å². The van der Waals surface area contributed by atoms with Gasteiger partial charge in [-0.1, -0.05) is 64.7 Å². The predicted molar refractivity (Wildman–Crippen MR) is 79.3 cm³/mol. The number of hydrogen-bond acceptors (Lipinski definition) is 2. The molecule has 2 heteroatoms. The number of hydrogen-bond donors (Lipinski definition) is 0. The van der Waals surface area contributed by atoms with Crippen LogP contribution in [0.4, 0.5) is 0 Å². The quantitative estimate of drug-likeness (QED) is 0.495. The first-order chi connectivity index (χ1) is 8.66. The minimum absolute atomic E-state index is 0.0746. The van der Waals surface area contributed by atoms with Crippen LogP contribution in [0.25, 0.3) is 0 Å². The molecule has 0 aromatic heterocycles. The van der Waals surface area contributed by atoms with Crippen LogP contribution >= 0.6 is 0 Å². The van der Waals surface area contributed by atoms with Gasteiger partial charge in [0.2, 0.25) is 0 Å². The third-order valence-corrected chi connectivity index (χ3v) is 3.84. The highest BCUT2D eigenvalue weighted by molar-refractivity contribution is 5.75. The average molecular weight is 253 g/mol. The van der Waals surface area contributed by atoms with Crippen molar-refractivity contribution in [3.63, 3.8) is 0 Å². The number of ether oxygens (including phenoxy) is 1. The number of aliphatic imine (C=N–C) groups is 1. The Morgan fingerprint density at radius 1 is 1.00 bits per heavy atom. The van der Waals surface area contributed by atoms with Crippen molar-refractivity contribution in [1.82, 2.24) is 0 Å². The Morgan fingerprint density at radius 2 is 1.56 bits per heavy atom. The molecule has 0 bridgehead atoms. The molecule has 18 heavy (non-hydrogen) atoms. The van der Waals surface area contributed by atoms with Gasteiger partial charge in [-0.25, -0.2) is 4.99 Å². The van der Waals surface area contributed by atoms with E-state index >= 15 is 0 Å². The lowest BCUT2D eigenvalue weighted by Crippen LogP contribution is -2.23. The predicted octanol–water partition coefficient (Wildman–Crippen LogP) is 5.11. The maximum absolute atomic E-state index is 5.45. The van der Waals surface area contributed by atoms with Gasteiger partial charge >= 0.3 is 0 Å². The molecule has 0 spiro atoms. The van der Waals surface area contributed by atoms with E-state index in [1.165, 1.54) is 64.2 Å². The molecule has 2 nitrogen and oxygen atoms in total. The number of rotatable bonds is 10. The van der Waals surface area contributed by atoms with E-state index in [1.807, 2.05) is 6.92 Å². The highest BCUT2D eigenvalue weighted by atomic mass is 16.5. The highest BCUT2D eigenvalue weighted by Gasteiger charge is 2.29. The summed E-state index contributed by atoms with van der Waals surface area (Å²) >= 11 is 0. The zero-order valence-corrected chi connectivity index (χ0v) is 12.6. The Hall–Kier alpha value is -0.530. The lowest BCUT2D eigenvalue weighted by atomic mass is 9.96. The lowest BCUT2D eigenvalue weighted by molar-refractivity contribution is 0.252. The SMILES string of the molecule is CCCCCCCCCCCC1(C)COC(C)=N1. The molecular weight excluding hydrogens is 222 g/mol. The first-order valence-electron chi connectivity index (χ1n) is 7.85. The first-order valence-corrected chi connectivity index (χ1v) is 7.85. The molecule has 0 aromatic rings. The molecule has 0 radical (unpaired) electrons. The molecule has 0 fully saturated rings. The molecule has 0 amide bonds. The van der Waals surface area contributed by atoms with Gasteiger partial charge in [-0.05, 0) is 13.3 Å². The van der Waals surface area contributed by atoms with E-state index in [0.717, 1.165) is 12.5 Å². The van der Waals surface area contributed by atoms with Crippen molar-refractivity contribution in [3.05, 3.63) is 0 Å². The molecular formula is C16H31NO. The van der Waals surface area contributed by atoms with E-state index in [2.05, 4.69) is 18.8 Å². The number of nitrogens with zero attached hydrogens (tertiary/aromatic N) is 1. The van der Waals surface area contributed by atoms with E-state index in [-0.39, 0.29) is 5.54 Å². The van der Waals surface area contributed by atoms with Crippen molar-refractivity contribution < 1.29 is 4.74 Å². The van der Waals surface area contributed by atoms with E-state index in [4.69, 9.17) is 4.74 Å². The van der Waals surface area contributed by atoms with Gasteiger partial charge in [0.15, 0.2) is 5.90 Å². The molecule has 106 valence electrons. The minimum Gasteiger partial charge on any atom is -0.479 e. The molecule has 0 aromatic carbocycles. The third kappa shape index (κ3) is 6.42. The fourth-order valence-electron chi connectivity index (χ4n) is 2.65. The smallest absolute Gasteiger partial charge is 0.180 e. The van der Waals surface area contributed by atoms with E-state index in [9.17, 15) is 0 Å². The lowest BCUT2D eigenvalue weighted by Gasteiger charge is -2.17. The van der Waals surface area contributed by atoms with Gasteiger partial charge in [0.25, 0.3) is 0 Å². The molecule has 1 unspecified atom stereocenters. The van der Waals surface area contributed by atoms with Crippen LogP contribution in [0.2, 0.25) is 0 Å². The summed E-state index contributed by atoms with van der Waals surface area (Å²) in [5, 5.41) is 0. The Bertz CT molecular complexity index is 249. The van der Waals surface area contributed by atoms with Crippen LogP contribution in [0, 0.1) is 0 Å². The summed E-state index contributed by atoms with van der Waals surface area (Å²) < 4.78 is 5.45. The van der Waals surface area contributed by atoms with Crippen LogP contribution < -0.4 is 0 Å². The van der Waals surface area contributed by atoms with Crippen LogP contribution in [0.3, 0.4) is 0 Å². The molecule has 0 aliphatic carbocycles. The Morgan fingerprint density at radius 3 is 2.06 bits per heavy atom. The van der Waals surface area contributed by atoms with Gasteiger partial charge in [0.05, 0.1) is 5.54 Å². The molecule has 1 heterocycles. The summed E-state index contributed by atoms with van der Waals surface area (Å²) in [6.45, 7) is 7.24. The van der Waals surface area contributed by atoms with Crippen LogP contribution in [-0.2, 0) is 4.74 Å². The van der Waals surface area contributed by atoms with Gasteiger partial charge in [0, 0.05) is 6.92 Å². The summed E-state index contributed by atoms with van der Waals surface area (Å²) in [5.74, 6) is 0.869. The molecule has 1 atom stereocenters. The average Bonchev–Trinajstić information content (AvgIpc) is 2.68. The van der Waals surface area contributed by atoms with Gasteiger partial charge in [-0.3, -0.25) is 0 Å². The molecule has 1 rings (SSSR count). The first kappa shape index (κ1) is 15.5.